The molecule has 11 heteroatoms. The molecule has 3 fully saturated rings. The van der Waals surface area contributed by atoms with Gasteiger partial charge in [-0.15, -0.1) is 10.2 Å². The first-order valence-corrected chi connectivity index (χ1v) is 13.6. The summed E-state index contributed by atoms with van der Waals surface area (Å²) >= 11 is 0. The van der Waals surface area contributed by atoms with Crippen LogP contribution in [-0.4, -0.2) is 62.8 Å². The van der Waals surface area contributed by atoms with Crippen LogP contribution in [0.15, 0.2) is 24.8 Å². The summed E-state index contributed by atoms with van der Waals surface area (Å²) in [5, 5.41) is 22.6. The molecule has 0 radical (unpaired) electrons. The minimum atomic E-state index is -0.485. The fourth-order valence-electron chi connectivity index (χ4n) is 7.11. The van der Waals surface area contributed by atoms with Gasteiger partial charge in [0.2, 0.25) is 5.82 Å². The molecule has 4 atom stereocenters. The highest BCUT2D eigenvalue weighted by Crippen LogP contribution is 2.50. The molecule has 4 aromatic rings. The first-order valence-electron chi connectivity index (χ1n) is 13.6. The molecule has 1 saturated carbocycles. The smallest absolute Gasteiger partial charge is 0.292 e. The van der Waals surface area contributed by atoms with Crippen LogP contribution < -0.4 is 5.73 Å². The molecule has 4 aliphatic rings. The predicted molar refractivity (Wildman–Crippen MR) is 137 cm³/mol. The van der Waals surface area contributed by atoms with E-state index in [4.69, 9.17) is 10.7 Å². The molecule has 11 nitrogen and oxygen atoms in total. The zero-order valence-corrected chi connectivity index (χ0v) is 20.9. The van der Waals surface area contributed by atoms with Gasteiger partial charge in [0, 0.05) is 40.9 Å². The van der Waals surface area contributed by atoms with Gasteiger partial charge in [-0.2, -0.15) is 9.61 Å². The largest absolute Gasteiger partial charge is 0.387 e. The highest BCUT2D eigenvalue weighted by Gasteiger charge is 2.46. The Balaban J connectivity index is 1.19. The molecule has 2 bridgehead atoms. The number of aliphatic hydroxyl groups is 1. The number of aliphatic hydroxyl groups excluding tert-OH is 1. The number of rotatable bonds is 4. The normalized spacial score (nSPS) is 26.3. The van der Waals surface area contributed by atoms with E-state index in [0.717, 1.165) is 84.2 Å². The Bertz CT molecular complexity index is 1560. The van der Waals surface area contributed by atoms with E-state index in [-0.39, 0.29) is 23.9 Å². The number of pyridine rings is 1. The van der Waals surface area contributed by atoms with E-state index in [0.29, 0.717) is 24.0 Å². The van der Waals surface area contributed by atoms with Gasteiger partial charge in [-0.05, 0) is 68.9 Å². The number of hydrogen-bond acceptors (Lipinski definition) is 8. The molecule has 8 rings (SSSR count). The molecule has 0 aromatic carbocycles. The monoisotopic (exact) mass is 511 g/mol. The maximum Gasteiger partial charge on any atom is 0.292 e. The number of carbonyl (C=O) groups excluding carboxylic acids is 1. The Morgan fingerprint density at radius 2 is 1.87 bits per heavy atom. The van der Waals surface area contributed by atoms with Crippen LogP contribution in [0, 0.1) is 0 Å². The summed E-state index contributed by atoms with van der Waals surface area (Å²) < 4.78 is 1.78. The van der Waals surface area contributed by atoms with Crippen molar-refractivity contribution in [3.63, 3.8) is 0 Å². The van der Waals surface area contributed by atoms with E-state index in [2.05, 4.69) is 31.3 Å². The van der Waals surface area contributed by atoms with E-state index < -0.39 is 6.10 Å². The summed E-state index contributed by atoms with van der Waals surface area (Å²) in [5.74, 6) is 1.57. The Hall–Kier alpha value is -3.86. The van der Waals surface area contributed by atoms with Crippen molar-refractivity contribution in [3.05, 3.63) is 53.1 Å². The number of H-pyrrole nitrogens is 1. The molecule has 1 amide bonds. The molecule has 0 spiro atoms. The molecule has 4 aromatic heterocycles. The Morgan fingerprint density at radius 3 is 2.61 bits per heavy atom. The van der Waals surface area contributed by atoms with Crippen LogP contribution in [0.4, 0.5) is 5.82 Å². The second-order valence-corrected chi connectivity index (χ2v) is 11.3. The lowest BCUT2D eigenvalue weighted by atomic mass is 9.85. The third-order valence-electron chi connectivity index (χ3n) is 9.02. The number of aromatic nitrogens is 7. The zero-order chi connectivity index (χ0) is 25.5. The molecule has 6 heterocycles. The van der Waals surface area contributed by atoms with Gasteiger partial charge in [0.15, 0.2) is 5.65 Å². The maximum atomic E-state index is 13.2. The Kier molecular flexibility index (Phi) is 4.70. The molecular weight excluding hydrogens is 482 g/mol. The number of aryl methyl sites for hydroxylation is 1. The molecular formula is C27H29N9O2. The third-order valence-corrected chi connectivity index (χ3v) is 9.02. The van der Waals surface area contributed by atoms with Crippen molar-refractivity contribution in [2.45, 2.75) is 81.4 Å². The van der Waals surface area contributed by atoms with Crippen molar-refractivity contribution in [1.82, 2.24) is 39.7 Å². The van der Waals surface area contributed by atoms with E-state index in [1.165, 1.54) is 6.33 Å². The van der Waals surface area contributed by atoms with Gasteiger partial charge in [-0.25, -0.2) is 4.98 Å². The van der Waals surface area contributed by atoms with Gasteiger partial charge in [0.25, 0.3) is 5.91 Å². The van der Waals surface area contributed by atoms with Crippen LogP contribution in [0.1, 0.15) is 96.0 Å². The Labute approximate surface area is 218 Å². The van der Waals surface area contributed by atoms with Gasteiger partial charge in [-0.1, -0.05) is 0 Å². The molecule has 2 aliphatic heterocycles. The summed E-state index contributed by atoms with van der Waals surface area (Å²) in [6, 6.07) is 2.41. The fourth-order valence-corrected chi connectivity index (χ4v) is 7.11. The summed E-state index contributed by atoms with van der Waals surface area (Å²) in [7, 11) is 0. The number of fused-ring (bicyclic) bond motifs is 4. The number of anilines is 1. The maximum absolute atomic E-state index is 13.2. The lowest BCUT2D eigenvalue weighted by Crippen LogP contribution is -2.46. The van der Waals surface area contributed by atoms with Crippen molar-refractivity contribution < 1.29 is 9.90 Å². The van der Waals surface area contributed by atoms with Crippen LogP contribution in [0.5, 0.6) is 0 Å². The topological polar surface area (TPSA) is 151 Å². The summed E-state index contributed by atoms with van der Waals surface area (Å²) in [5.41, 5.74) is 13.5. The highest BCUT2D eigenvalue weighted by atomic mass is 16.3. The third kappa shape index (κ3) is 3.24. The lowest BCUT2D eigenvalue weighted by Gasteiger charge is -2.39. The summed E-state index contributed by atoms with van der Waals surface area (Å²) in [6.45, 7) is 0. The number of hydrogen-bond donors (Lipinski definition) is 3. The minimum absolute atomic E-state index is 0.0638. The van der Waals surface area contributed by atoms with E-state index in [1.54, 1.807) is 4.52 Å². The van der Waals surface area contributed by atoms with Crippen LogP contribution >= 0.6 is 0 Å². The zero-order valence-electron chi connectivity index (χ0n) is 20.9. The predicted octanol–water partition coefficient (Wildman–Crippen LogP) is 2.90. The Morgan fingerprint density at radius 1 is 1.05 bits per heavy atom. The van der Waals surface area contributed by atoms with Crippen LogP contribution in [-0.2, 0) is 6.42 Å². The van der Waals surface area contributed by atoms with Gasteiger partial charge < -0.3 is 20.7 Å². The van der Waals surface area contributed by atoms with Crippen molar-refractivity contribution >= 4 is 17.4 Å². The summed E-state index contributed by atoms with van der Waals surface area (Å²) in [6.07, 6.45) is 12.1. The van der Waals surface area contributed by atoms with Crippen molar-refractivity contribution in [3.8, 4) is 11.1 Å². The minimum Gasteiger partial charge on any atom is -0.387 e. The molecule has 194 valence electrons. The number of nitrogens with two attached hydrogens (primary N) is 1. The van der Waals surface area contributed by atoms with Gasteiger partial charge in [-0.3, -0.25) is 9.78 Å². The number of amides is 1. The quantitative estimate of drug-likeness (QED) is 0.378. The van der Waals surface area contributed by atoms with Gasteiger partial charge in [0.05, 0.1) is 23.7 Å². The number of nitrogens with one attached hydrogen (secondary N) is 1. The van der Waals surface area contributed by atoms with Crippen molar-refractivity contribution in [2.24, 2.45) is 0 Å². The van der Waals surface area contributed by atoms with E-state index in [1.807, 2.05) is 17.3 Å². The van der Waals surface area contributed by atoms with Gasteiger partial charge >= 0.3 is 0 Å². The summed E-state index contributed by atoms with van der Waals surface area (Å²) in [4.78, 5) is 27.9. The number of nitrogens with zero attached hydrogens (tertiary/aromatic N) is 7. The fraction of sp³-hybridized carbons (Fsp3) is 0.481. The standard InChI is InChI=1S/C27H29N9O2/c28-24-21(13-1-2-13)23(15-8-17-4-5-18(9-15)35(17)27(38)25-30-12-31-34-25)33-26-19(11-32-36(24)26)16-7-14-3-6-20(37)22(14)29-10-16/h7,10-13,15,17-18,20,37H,1-6,8-9,28H2,(H,30,31,34)/t15-,17+,18-,20?. The number of piperidine rings is 1. The second kappa shape index (κ2) is 8.07. The van der Waals surface area contributed by atoms with Gasteiger partial charge in [0.1, 0.15) is 12.1 Å². The van der Waals surface area contributed by atoms with Crippen molar-refractivity contribution in [2.75, 3.05) is 5.73 Å². The van der Waals surface area contributed by atoms with Crippen LogP contribution in [0.25, 0.3) is 16.8 Å². The highest BCUT2D eigenvalue weighted by molar-refractivity contribution is 5.91. The van der Waals surface area contributed by atoms with E-state index >= 15 is 0 Å². The average molecular weight is 512 g/mol. The van der Waals surface area contributed by atoms with E-state index in [9.17, 15) is 9.90 Å². The molecule has 4 N–H and O–H groups in total. The van der Waals surface area contributed by atoms with Crippen LogP contribution in [0.3, 0.4) is 0 Å². The van der Waals surface area contributed by atoms with Crippen LogP contribution in [0.2, 0.25) is 0 Å². The second-order valence-electron chi connectivity index (χ2n) is 11.3. The number of carbonyl (C=O) groups is 1. The molecule has 2 saturated heterocycles. The number of aromatic amines is 1. The first kappa shape index (κ1) is 22.2. The average Bonchev–Trinajstić information content (AvgIpc) is 3.24. The molecule has 1 unspecified atom stereocenters. The number of nitrogen functional groups attached to an aromatic ring is 1. The lowest BCUT2D eigenvalue weighted by molar-refractivity contribution is 0.0557. The van der Waals surface area contributed by atoms with Crippen molar-refractivity contribution in [1.29, 1.82) is 0 Å². The molecule has 38 heavy (non-hydrogen) atoms. The first-order chi connectivity index (χ1) is 18.6. The molecule has 2 aliphatic carbocycles. The SMILES string of the molecule is Nc1c(C2CC2)c([C@H]2C[C@H]3CC[C@@H](C2)N3C(=O)c2nnc[nH]2)nc2c(-c3cnc4c(c3)CCC4O)cnn12.